The van der Waals surface area contributed by atoms with Gasteiger partial charge in [-0.05, 0) is 0 Å². The molecule has 54 nitrogen and oxygen atoms in total. The van der Waals surface area contributed by atoms with Crippen LogP contribution in [0, 0.1) is 0 Å². The molecule has 60 heteroatoms. The minimum atomic E-state index is -5.70. The molecule has 0 aromatic carbocycles. The molecule has 4 fully saturated rings. The lowest BCUT2D eigenvalue weighted by Gasteiger charge is -2.28. The molecule has 8 aromatic heterocycles. The molecule has 23 N–H and O–H groups in total. The highest BCUT2D eigenvalue weighted by atomic mass is 31.3. The van der Waals surface area contributed by atoms with Crippen molar-refractivity contribution in [2.75, 3.05) is 49.4 Å². The van der Waals surface area contributed by atoms with Crippen LogP contribution in [-0.2, 0) is 72.8 Å². The fourth-order valence-corrected chi connectivity index (χ4v) is 14.5. The summed E-state index contributed by atoms with van der Waals surface area (Å²) in [5, 5.41) is 89.4. The highest BCUT2D eigenvalue weighted by molar-refractivity contribution is 7.66. The Bertz CT molecular complexity index is 4510. The summed E-state index contributed by atoms with van der Waals surface area (Å²) in [6, 6.07) is 0. The summed E-state index contributed by atoms with van der Waals surface area (Å²) in [6.45, 7) is -2.91. The number of anilines is 4. The monoisotopic (exact) mass is 1550 g/mol. The van der Waals surface area contributed by atoms with Crippen molar-refractivity contribution in [1.82, 2.24) is 78.1 Å². The van der Waals surface area contributed by atoms with E-state index >= 15 is 0 Å². The predicted octanol–water partition coefficient (Wildman–Crippen LogP) is -9.11. The molecule has 4 aliphatic rings. The largest absolute Gasteiger partial charge is 0.756 e. The third-order valence-electron chi connectivity index (χ3n) is 14.0. The van der Waals surface area contributed by atoms with Crippen LogP contribution in [0.15, 0.2) is 50.6 Å². The van der Waals surface area contributed by atoms with E-state index < -0.39 is 172 Å². The van der Waals surface area contributed by atoms with Crippen molar-refractivity contribution < 1.29 is 163 Å². The van der Waals surface area contributed by atoms with Gasteiger partial charge in [-0.2, -0.15) is 8.62 Å². The molecular weight excluding hydrogens is 1490 g/mol. The van der Waals surface area contributed by atoms with Gasteiger partial charge in [-0.25, -0.2) is 77.8 Å². The molecule has 100 heavy (non-hydrogen) atoms. The Kier molecular flexibility index (Phi) is 23.8. The first-order valence-corrected chi connectivity index (χ1v) is 36.1. The number of nitrogens with two attached hydrogens (primary N) is 4. The summed E-state index contributed by atoms with van der Waals surface area (Å²) in [5.41, 5.74) is 24.7. The van der Waals surface area contributed by atoms with Crippen molar-refractivity contribution in [2.24, 2.45) is 0 Å². The van der Waals surface area contributed by atoms with Crippen molar-refractivity contribution in [3.05, 3.63) is 50.6 Å². The van der Waals surface area contributed by atoms with Gasteiger partial charge >= 0.3 is 23.5 Å². The van der Waals surface area contributed by atoms with Crippen LogP contribution in [-0.4, -0.2) is 253 Å². The Balaban J connectivity index is 0.000000158. The van der Waals surface area contributed by atoms with Gasteiger partial charge < -0.3 is 141 Å². The van der Waals surface area contributed by atoms with Gasteiger partial charge in [0.15, 0.2) is 70.8 Å². The maximum atomic E-state index is 11.8. The first kappa shape index (κ1) is 77.8. The number of rotatable bonds is 20. The van der Waals surface area contributed by atoms with Crippen molar-refractivity contribution in [2.45, 2.75) is 98.2 Å². The topological polar surface area (TPSA) is 846 Å². The first-order chi connectivity index (χ1) is 46.6. The van der Waals surface area contributed by atoms with Crippen LogP contribution in [0.5, 0.6) is 0 Å². The van der Waals surface area contributed by atoms with E-state index in [4.69, 9.17) is 71.5 Å². The van der Waals surface area contributed by atoms with Gasteiger partial charge in [0.25, 0.3) is 23.5 Å². The molecule has 0 spiro atoms. The van der Waals surface area contributed by atoms with Gasteiger partial charge in [0, 0.05) is 0 Å². The maximum Gasteiger partial charge on any atom is 0.490 e. The number of aliphatic hydroxyl groups is 9. The zero-order valence-corrected chi connectivity index (χ0v) is 54.7. The van der Waals surface area contributed by atoms with E-state index in [9.17, 15) is 87.8 Å². The number of aliphatic hydroxyl groups excluding tert-OH is 9. The quantitative estimate of drug-likeness (QED) is 0.0315. The number of hydrogen-bond donors (Lipinski definition) is 19. The van der Waals surface area contributed by atoms with Crippen molar-refractivity contribution in [3.8, 4) is 0 Å². The van der Waals surface area contributed by atoms with E-state index in [1.165, 1.54) is 56.2 Å². The van der Waals surface area contributed by atoms with Crippen LogP contribution in [0.2, 0.25) is 0 Å². The molecule has 552 valence electrons. The second-order valence-electron chi connectivity index (χ2n) is 20.6. The van der Waals surface area contributed by atoms with Gasteiger partial charge in [0.2, 0.25) is 0 Å². The predicted molar refractivity (Wildman–Crippen MR) is 310 cm³/mol. The van der Waals surface area contributed by atoms with E-state index in [-0.39, 0.29) is 56.8 Å². The molecule has 4 saturated heterocycles. The Morgan fingerprint density at radius 3 is 0.950 bits per heavy atom. The van der Waals surface area contributed by atoms with Gasteiger partial charge in [0.05, 0.1) is 51.7 Å². The van der Waals surface area contributed by atoms with Crippen LogP contribution in [0.1, 0.15) is 24.9 Å². The minimum absolute atomic E-state index is 0.0426. The number of phosphoric ester groups is 3. The molecule has 0 radical (unpaired) electrons. The van der Waals surface area contributed by atoms with Gasteiger partial charge in [-0.3, -0.25) is 36.5 Å². The molecule has 4 aliphatic heterocycles. The van der Waals surface area contributed by atoms with Crippen molar-refractivity contribution in [1.29, 1.82) is 0 Å². The Morgan fingerprint density at radius 2 is 0.670 bits per heavy atom. The number of nitrogen functional groups attached to an aromatic ring is 4. The number of fused-ring (bicyclic) bond motifs is 4. The van der Waals surface area contributed by atoms with Crippen molar-refractivity contribution >= 4 is 115 Å². The molecule has 12 rings (SSSR count). The Hall–Kier alpha value is -6.34. The van der Waals surface area contributed by atoms with Gasteiger partial charge in [-0.15, -0.1) is 0 Å². The smallest absolute Gasteiger partial charge is 0.490 e. The highest BCUT2D eigenvalue weighted by Gasteiger charge is 2.50. The Morgan fingerprint density at radius 1 is 0.380 bits per heavy atom. The van der Waals surface area contributed by atoms with E-state index in [1.54, 1.807) is 0 Å². The number of nitrogens with zero attached hydrogens (tertiary/aromatic N) is 16. The van der Waals surface area contributed by atoms with Crippen LogP contribution < -0.4 is 37.6 Å². The van der Waals surface area contributed by atoms with E-state index in [2.05, 4.69) is 86.3 Å². The van der Waals surface area contributed by atoms with Crippen LogP contribution >= 0.6 is 46.9 Å². The second kappa shape index (κ2) is 30.5. The fourth-order valence-electron chi connectivity index (χ4n) is 9.58. The SMILES string of the molecule is Nc1ncnc2c1ncn2[C@@H]1O[C@H](CO)C(O)[C@@H]1O.Nc1ncnc2c1ncn2[C@@H]1O[C@H](COP(=O)(O)OP(=O)(O)OP(=O)(O)O)C(O)[C@@H]1O.Nc1ncnc2c1ncn2[C@@H]1O[C@H](COP(=O)([O-])O)C(O)[C@@H]1O.Nc1ncnc2c1ncn2[C@@H]1O[C@H](COP(=O)([O-])OP(=O)([O-])O)C(O)[C@@H]1O. The molecule has 0 bridgehead atoms. The van der Waals surface area contributed by atoms with Crippen LogP contribution in [0.3, 0.4) is 0 Å². The van der Waals surface area contributed by atoms with E-state index in [0.717, 1.165) is 12.7 Å². The molecule has 0 amide bonds. The maximum absolute atomic E-state index is 11.8. The number of hydrogen-bond acceptors (Lipinski definition) is 44. The lowest BCUT2D eigenvalue weighted by molar-refractivity contribution is -0.242. The fraction of sp³-hybridized carbons (Fsp3) is 0.500. The van der Waals surface area contributed by atoms with E-state index in [1.807, 2.05) is 0 Å². The number of phosphoric acid groups is 6. The summed E-state index contributed by atoms with van der Waals surface area (Å²) in [6.07, 6.45) is -11.1. The summed E-state index contributed by atoms with van der Waals surface area (Å²) in [5.74, 6) is 0.466. The normalized spacial score (nSPS) is 29.9. The van der Waals surface area contributed by atoms with Gasteiger partial charge in [-0.1, -0.05) is 0 Å². The lowest BCUT2D eigenvalue weighted by atomic mass is 10.1. The summed E-state index contributed by atoms with van der Waals surface area (Å²) in [7, 11) is -32.7. The number of ether oxygens (including phenoxy) is 4. The van der Waals surface area contributed by atoms with Gasteiger partial charge in [0.1, 0.15) is 121 Å². The number of imidazole rings is 4. The lowest BCUT2D eigenvalue weighted by Crippen LogP contribution is -2.34. The van der Waals surface area contributed by atoms with Crippen molar-refractivity contribution in [3.63, 3.8) is 0 Å². The highest BCUT2D eigenvalue weighted by Crippen LogP contribution is 2.66. The zero-order valence-electron chi connectivity index (χ0n) is 49.3. The van der Waals surface area contributed by atoms with Crippen LogP contribution in [0.25, 0.3) is 44.7 Å². The molecule has 0 saturated carbocycles. The molecule has 0 aliphatic carbocycles. The molecule has 8 aromatic rings. The molecule has 9 unspecified atom stereocenters. The third-order valence-corrected chi connectivity index (χ3v) is 20.4. The molecule has 21 atom stereocenters. The first-order valence-electron chi connectivity index (χ1n) is 27.1. The summed E-state index contributed by atoms with van der Waals surface area (Å²) >= 11 is 0. The zero-order chi connectivity index (χ0) is 73.5. The summed E-state index contributed by atoms with van der Waals surface area (Å²) in [4.78, 5) is 132. The standard InChI is InChI=1S/C10H16N5O13P3.C10H15N5O10P2.C10H14N5O7P.C10H13N5O4/c11-8-5-9(13-2-12-8)15(3-14-5)10-7(17)6(16)4(26-10)1-25-30(21,22)28-31(23,24)27-29(18,19)20;11-8-5-9(13-2-12-8)15(3-14-5)10-7(17)6(16)4(24-10)1-23-27(21,22)25-26(18,19)20;11-8-5-9(13-2-12-8)15(3-14-5)10-7(17)6(16)4(22-10)1-21-23(18,19)20;11-8-5-9(13-2-12-8)15(3-14-5)10-7(18)6(17)4(1-16)19-10/h2-4,6-7,10,16-17H,1H2,(H,21,22)(H,23,24)(H2,11,12,13)(H2,18,19,20);2-4,6-7,10,16-17H,1H2,(H,21,22)(H2,11,12,13)(H2,18,19,20);2-4,6-7,10,16-17H,1H2,(H2,11,12,13)(H2,18,19,20);2-4,6-7,10,16-18H,1H2,(H2,11,12,13)/p-3/t4*4-,6?,7+,10-/m1111/s1. The average molecular weight is 1550 g/mol. The Labute approximate surface area is 552 Å². The second-order valence-corrected chi connectivity index (χ2v) is 29.0. The summed E-state index contributed by atoms with van der Waals surface area (Å²) < 4.78 is 116. The third kappa shape index (κ3) is 18.2. The van der Waals surface area contributed by atoms with E-state index in [0.29, 0.717) is 11.2 Å². The number of aromatic nitrogens is 16. The average Bonchev–Trinajstić information content (AvgIpc) is 1.64. The minimum Gasteiger partial charge on any atom is -0.756 e. The van der Waals surface area contributed by atoms with Crippen LogP contribution in [0.4, 0.5) is 23.3 Å². The molecule has 12 heterocycles. The molecular formula is C40H55N20O34P6-3.